The summed E-state index contributed by atoms with van der Waals surface area (Å²) in [6.45, 7) is 4.02. The molecule has 3 rings (SSSR count). The zero-order valence-corrected chi connectivity index (χ0v) is 15.9. The van der Waals surface area contributed by atoms with Crippen LogP contribution in [0, 0.1) is 0 Å². The number of nitrogens with zero attached hydrogens (tertiary/aromatic N) is 3. The van der Waals surface area contributed by atoms with Crippen molar-refractivity contribution in [1.29, 1.82) is 0 Å². The Morgan fingerprint density at radius 2 is 2.04 bits per heavy atom. The smallest absolute Gasteiger partial charge is 0.294 e. The van der Waals surface area contributed by atoms with Crippen LogP contribution in [-0.4, -0.2) is 48.2 Å². The van der Waals surface area contributed by atoms with Crippen molar-refractivity contribution in [2.45, 2.75) is 32.7 Å². The summed E-state index contributed by atoms with van der Waals surface area (Å²) in [7, 11) is 1.59. The largest absolute Gasteiger partial charge is 0.383 e. The molecule has 0 saturated heterocycles. The van der Waals surface area contributed by atoms with Gasteiger partial charge in [0.15, 0.2) is 0 Å². The summed E-state index contributed by atoms with van der Waals surface area (Å²) in [5.74, 6) is -0.0883. The molecule has 0 spiro atoms. The average Bonchev–Trinajstić information content (AvgIpc) is 3.09. The van der Waals surface area contributed by atoms with Crippen LogP contribution in [0.5, 0.6) is 0 Å². The van der Waals surface area contributed by atoms with Gasteiger partial charge in [-0.1, -0.05) is 18.2 Å². The Bertz CT molecular complexity index is 801. The van der Waals surface area contributed by atoms with Crippen molar-refractivity contribution in [3.05, 3.63) is 47.5 Å². The highest BCUT2D eigenvalue weighted by Crippen LogP contribution is 2.24. The van der Waals surface area contributed by atoms with Crippen molar-refractivity contribution in [2.75, 3.05) is 31.7 Å². The summed E-state index contributed by atoms with van der Waals surface area (Å²) in [5.41, 5.74) is 2.03. The minimum absolute atomic E-state index is 0.178. The van der Waals surface area contributed by atoms with Crippen molar-refractivity contribution < 1.29 is 14.3 Å². The quantitative estimate of drug-likeness (QED) is 0.759. The Morgan fingerprint density at radius 1 is 1.26 bits per heavy atom. The molecule has 0 radical (unpaired) electrons. The molecule has 7 nitrogen and oxygen atoms in total. The number of rotatable bonds is 7. The second-order valence-corrected chi connectivity index (χ2v) is 6.47. The van der Waals surface area contributed by atoms with Gasteiger partial charge >= 0.3 is 0 Å². The molecular weight excluding hydrogens is 344 g/mol. The molecule has 2 aromatic rings. The number of anilines is 1. The van der Waals surface area contributed by atoms with Gasteiger partial charge in [0.05, 0.1) is 12.3 Å². The summed E-state index contributed by atoms with van der Waals surface area (Å²) >= 11 is 0. The molecule has 144 valence electrons. The Kier molecular flexibility index (Phi) is 6.24. The van der Waals surface area contributed by atoms with E-state index in [4.69, 9.17) is 4.74 Å². The Morgan fingerprint density at radius 3 is 2.74 bits per heavy atom. The SMILES string of the molecule is CCN(C(=O)c1nc(C(=O)NCCOC)c2n1CCCC2)c1ccccc1. The van der Waals surface area contributed by atoms with E-state index >= 15 is 0 Å². The van der Waals surface area contributed by atoms with Crippen molar-refractivity contribution in [2.24, 2.45) is 0 Å². The molecule has 1 aromatic carbocycles. The summed E-state index contributed by atoms with van der Waals surface area (Å²) < 4.78 is 6.90. The molecule has 27 heavy (non-hydrogen) atoms. The number of ether oxygens (including phenoxy) is 1. The van der Waals surface area contributed by atoms with Crippen LogP contribution in [0.2, 0.25) is 0 Å². The van der Waals surface area contributed by atoms with Gasteiger partial charge in [0, 0.05) is 32.4 Å². The molecule has 0 saturated carbocycles. The first-order chi connectivity index (χ1) is 13.2. The van der Waals surface area contributed by atoms with E-state index in [-0.39, 0.29) is 11.8 Å². The third-order valence-electron chi connectivity index (χ3n) is 4.75. The van der Waals surface area contributed by atoms with Crippen LogP contribution in [0.15, 0.2) is 30.3 Å². The number of benzene rings is 1. The van der Waals surface area contributed by atoms with Crippen LogP contribution >= 0.6 is 0 Å². The number of aromatic nitrogens is 2. The molecule has 2 heterocycles. The summed E-state index contributed by atoms with van der Waals surface area (Å²) in [4.78, 5) is 32.0. The number of carbonyl (C=O) groups is 2. The van der Waals surface area contributed by atoms with Crippen molar-refractivity contribution >= 4 is 17.5 Å². The van der Waals surface area contributed by atoms with Crippen molar-refractivity contribution in [3.63, 3.8) is 0 Å². The molecule has 1 aliphatic heterocycles. The lowest BCUT2D eigenvalue weighted by Crippen LogP contribution is -2.33. The number of carbonyl (C=O) groups excluding carboxylic acids is 2. The van der Waals surface area contributed by atoms with Gasteiger partial charge < -0.3 is 19.5 Å². The minimum Gasteiger partial charge on any atom is -0.383 e. The van der Waals surface area contributed by atoms with E-state index < -0.39 is 0 Å². The van der Waals surface area contributed by atoms with Crippen LogP contribution in [0.4, 0.5) is 5.69 Å². The zero-order valence-electron chi connectivity index (χ0n) is 15.9. The maximum atomic E-state index is 13.2. The first kappa shape index (κ1) is 19.1. The molecule has 0 unspecified atom stereocenters. The summed E-state index contributed by atoms with van der Waals surface area (Å²) in [6, 6.07) is 9.53. The van der Waals surface area contributed by atoms with Crippen LogP contribution < -0.4 is 10.2 Å². The van der Waals surface area contributed by atoms with E-state index in [0.29, 0.717) is 37.8 Å². The molecule has 1 aliphatic rings. The molecular formula is C20H26N4O3. The normalized spacial score (nSPS) is 13.1. The highest BCUT2D eigenvalue weighted by atomic mass is 16.5. The highest BCUT2D eigenvalue weighted by molar-refractivity contribution is 6.05. The second kappa shape index (κ2) is 8.81. The lowest BCUT2D eigenvalue weighted by molar-refractivity contribution is 0.0931. The number of nitrogens with one attached hydrogen (secondary N) is 1. The van der Waals surface area contributed by atoms with E-state index in [2.05, 4.69) is 10.3 Å². The number of fused-ring (bicyclic) bond motifs is 1. The highest BCUT2D eigenvalue weighted by Gasteiger charge is 2.29. The molecule has 2 amide bonds. The lowest BCUT2D eigenvalue weighted by atomic mass is 10.1. The third kappa shape index (κ3) is 4.03. The number of methoxy groups -OCH3 is 1. The van der Waals surface area contributed by atoms with Gasteiger partial charge in [-0.2, -0.15) is 0 Å². The van der Waals surface area contributed by atoms with Gasteiger partial charge in [-0.15, -0.1) is 0 Å². The monoisotopic (exact) mass is 370 g/mol. The average molecular weight is 370 g/mol. The van der Waals surface area contributed by atoms with E-state index in [9.17, 15) is 9.59 Å². The third-order valence-corrected chi connectivity index (χ3v) is 4.75. The van der Waals surface area contributed by atoms with Gasteiger partial charge in [-0.25, -0.2) is 4.98 Å². The molecule has 0 fully saturated rings. The summed E-state index contributed by atoms with van der Waals surface area (Å²) in [6.07, 6.45) is 2.73. The number of imidazole rings is 1. The number of hydrogen-bond acceptors (Lipinski definition) is 4. The zero-order chi connectivity index (χ0) is 19.2. The number of amides is 2. The second-order valence-electron chi connectivity index (χ2n) is 6.47. The maximum Gasteiger partial charge on any atom is 0.294 e. The van der Waals surface area contributed by atoms with Gasteiger partial charge in [0.1, 0.15) is 5.69 Å². The standard InChI is InChI=1S/C20H26N4O3/c1-3-23(15-9-5-4-6-10-15)20(26)18-22-17(19(25)21-12-14-27-2)16-11-7-8-13-24(16)18/h4-6,9-10H,3,7-8,11-14H2,1-2H3,(H,21,25). The molecule has 0 atom stereocenters. The Labute approximate surface area is 159 Å². The number of hydrogen-bond donors (Lipinski definition) is 1. The molecule has 0 aliphatic carbocycles. The van der Waals surface area contributed by atoms with Crippen LogP contribution in [0.25, 0.3) is 0 Å². The van der Waals surface area contributed by atoms with Crippen LogP contribution in [0.3, 0.4) is 0 Å². The molecule has 1 N–H and O–H groups in total. The maximum absolute atomic E-state index is 13.2. The molecule has 0 bridgehead atoms. The number of para-hydroxylation sites is 1. The Balaban J connectivity index is 1.93. The van der Waals surface area contributed by atoms with Gasteiger partial charge in [0.2, 0.25) is 5.82 Å². The van der Waals surface area contributed by atoms with E-state index in [0.717, 1.165) is 30.6 Å². The first-order valence-electron chi connectivity index (χ1n) is 9.40. The van der Waals surface area contributed by atoms with Gasteiger partial charge in [-0.3, -0.25) is 9.59 Å². The fourth-order valence-electron chi connectivity index (χ4n) is 3.41. The predicted molar refractivity (Wildman–Crippen MR) is 103 cm³/mol. The van der Waals surface area contributed by atoms with Crippen molar-refractivity contribution in [3.8, 4) is 0 Å². The fraction of sp³-hybridized carbons (Fsp3) is 0.450. The predicted octanol–water partition coefficient (Wildman–Crippen LogP) is 2.26. The van der Waals surface area contributed by atoms with Crippen LogP contribution in [0.1, 0.15) is 46.6 Å². The van der Waals surface area contributed by atoms with Gasteiger partial charge in [-0.05, 0) is 38.3 Å². The molecule has 1 aromatic heterocycles. The van der Waals surface area contributed by atoms with Crippen molar-refractivity contribution in [1.82, 2.24) is 14.9 Å². The van der Waals surface area contributed by atoms with Gasteiger partial charge in [0.25, 0.3) is 11.8 Å². The van der Waals surface area contributed by atoms with E-state index in [1.165, 1.54) is 0 Å². The Hall–Kier alpha value is -2.67. The fourth-order valence-corrected chi connectivity index (χ4v) is 3.41. The lowest BCUT2D eigenvalue weighted by Gasteiger charge is -2.22. The minimum atomic E-state index is -0.250. The van der Waals surface area contributed by atoms with E-state index in [1.807, 2.05) is 41.8 Å². The summed E-state index contributed by atoms with van der Waals surface area (Å²) in [5, 5.41) is 2.81. The van der Waals surface area contributed by atoms with E-state index in [1.54, 1.807) is 12.0 Å². The molecule has 7 heteroatoms. The topological polar surface area (TPSA) is 76.5 Å². The van der Waals surface area contributed by atoms with Crippen LogP contribution in [-0.2, 0) is 17.7 Å². The first-order valence-corrected chi connectivity index (χ1v) is 9.40.